The Morgan fingerprint density at radius 2 is 1.00 bits per heavy atom. The van der Waals surface area contributed by atoms with Gasteiger partial charge in [0.05, 0.1) is 35.6 Å². The lowest BCUT2D eigenvalue weighted by Crippen LogP contribution is -2.44. The number of aromatic hydroxyl groups is 2. The Labute approximate surface area is 363 Å². The van der Waals surface area contributed by atoms with Crippen LogP contribution in [0.25, 0.3) is 0 Å². The van der Waals surface area contributed by atoms with Gasteiger partial charge >= 0.3 is 0 Å². The monoisotopic (exact) mass is 892 g/mol. The summed E-state index contributed by atoms with van der Waals surface area (Å²) in [5, 5.41) is 32.7. The van der Waals surface area contributed by atoms with Crippen molar-refractivity contribution in [3.8, 4) is 11.5 Å². The van der Waals surface area contributed by atoms with Gasteiger partial charge in [0, 0.05) is 62.5 Å². The standard InChI is InChI=1S/2C22H24F2N4O4/c2*1-3-25-15-8-13-10-27(4-2)22(32)18-20(30)19(29)16(17(15)28(13)18)21(31)26-9-11-5-6-12(23)7-14(11)24/h2*5-7,13,15,25,30H,3-4,8-10H2,1-2H3,(H,26,31)/t13-,15+;13-,15-/m11/s1. The molecule has 2 aromatic heterocycles. The summed E-state index contributed by atoms with van der Waals surface area (Å²) in [6, 6.07) is 4.82. The van der Waals surface area contributed by atoms with Gasteiger partial charge in [0.2, 0.25) is 10.9 Å². The summed E-state index contributed by atoms with van der Waals surface area (Å²) >= 11 is 0. The number of benzene rings is 2. The van der Waals surface area contributed by atoms with Crippen LogP contribution in [0.4, 0.5) is 17.6 Å². The van der Waals surface area contributed by atoms with E-state index in [9.17, 15) is 56.5 Å². The van der Waals surface area contributed by atoms with Gasteiger partial charge in [-0.1, -0.05) is 26.0 Å². The van der Waals surface area contributed by atoms with E-state index in [0.29, 0.717) is 75.6 Å². The van der Waals surface area contributed by atoms with Gasteiger partial charge in [-0.25, -0.2) is 17.6 Å². The molecule has 16 nitrogen and oxygen atoms in total. The molecule has 4 aliphatic rings. The minimum absolute atomic E-state index is 0.0494. The highest BCUT2D eigenvalue weighted by atomic mass is 19.1. The molecule has 0 aliphatic carbocycles. The molecular formula is C44H48F4N8O8. The Morgan fingerprint density at radius 3 is 1.33 bits per heavy atom. The number of carbonyl (C=O) groups excluding carboxylic acids is 4. The lowest BCUT2D eigenvalue weighted by Gasteiger charge is -2.33. The van der Waals surface area contributed by atoms with Crippen molar-refractivity contribution in [2.24, 2.45) is 0 Å². The molecule has 0 saturated carbocycles. The molecule has 4 atom stereocenters. The van der Waals surface area contributed by atoms with Crippen LogP contribution in [-0.2, 0) is 13.1 Å². The molecule has 4 amide bonds. The Hall–Kier alpha value is -6.54. The van der Waals surface area contributed by atoms with Crippen molar-refractivity contribution in [2.45, 2.75) is 77.8 Å². The van der Waals surface area contributed by atoms with Crippen LogP contribution in [0.1, 0.15) is 129 Å². The topological polar surface area (TPSA) is 207 Å². The molecule has 20 heteroatoms. The molecule has 340 valence electrons. The van der Waals surface area contributed by atoms with Crippen LogP contribution in [-0.4, -0.2) is 92.0 Å². The number of nitrogens with zero attached hydrogens (tertiary/aromatic N) is 4. The van der Waals surface area contributed by atoms with Crippen LogP contribution in [0.2, 0.25) is 0 Å². The molecule has 0 spiro atoms. The predicted octanol–water partition coefficient (Wildman–Crippen LogP) is 3.67. The molecule has 4 aliphatic heterocycles. The van der Waals surface area contributed by atoms with Gasteiger partial charge in [-0.2, -0.15) is 0 Å². The second-order valence-electron chi connectivity index (χ2n) is 15.8. The van der Waals surface area contributed by atoms with Gasteiger partial charge < -0.3 is 50.4 Å². The fourth-order valence-corrected chi connectivity index (χ4v) is 9.21. The van der Waals surface area contributed by atoms with Gasteiger partial charge in [0.1, 0.15) is 34.4 Å². The Balaban J connectivity index is 0.000000191. The minimum Gasteiger partial charge on any atom is -0.503 e. The number of aromatic nitrogens is 2. The number of likely N-dealkylation sites (N-methyl/N-ethyl adjacent to an activating group) is 2. The first kappa shape index (κ1) is 45.5. The van der Waals surface area contributed by atoms with E-state index >= 15 is 0 Å². The van der Waals surface area contributed by atoms with Gasteiger partial charge in [0.25, 0.3) is 23.6 Å². The summed E-state index contributed by atoms with van der Waals surface area (Å²) in [4.78, 5) is 81.1. The molecule has 0 radical (unpaired) electrons. The van der Waals surface area contributed by atoms with Crippen molar-refractivity contribution in [1.29, 1.82) is 0 Å². The number of hydrogen-bond donors (Lipinski definition) is 6. The molecule has 0 unspecified atom stereocenters. The summed E-state index contributed by atoms with van der Waals surface area (Å²) in [7, 11) is 0. The smallest absolute Gasteiger partial charge is 0.274 e. The zero-order valence-corrected chi connectivity index (χ0v) is 35.5. The van der Waals surface area contributed by atoms with E-state index in [1.54, 1.807) is 18.9 Å². The Morgan fingerprint density at radius 1 is 0.625 bits per heavy atom. The summed E-state index contributed by atoms with van der Waals surface area (Å²) in [6.45, 7) is 9.65. The average molecular weight is 893 g/mol. The number of halogens is 4. The zero-order valence-electron chi connectivity index (χ0n) is 35.5. The number of nitrogens with one attached hydrogen (secondary N) is 4. The Kier molecular flexibility index (Phi) is 13.0. The number of hydrogen-bond acceptors (Lipinski definition) is 10. The van der Waals surface area contributed by atoms with Crippen molar-refractivity contribution < 1.29 is 47.0 Å². The van der Waals surface area contributed by atoms with Crippen LogP contribution < -0.4 is 32.1 Å². The fourth-order valence-electron chi connectivity index (χ4n) is 9.21. The van der Waals surface area contributed by atoms with E-state index in [2.05, 4.69) is 21.3 Å². The summed E-state index contributed by atoms with van der Waals surface area (Å²) in [5.74, 6) is -7.18. The van der Waals surface area contributed by atoms with Gasteiger partial charge in [-0.15, -0.1) is 0 Å². The molecule has 6 heterocycles. The summed E-state index contributed by atoms with van der Waals surface area (Å²) in [6.07, 6.45) is 1.08. The number of carbonyl (C=O) groups is 4. The van der Waals surface area contributed by atoms with E-state index in [0.717, 1.165) is 12.1 Å². The normalized spacial score (nSPS) is 19.2. The molecule has 8 rings (SSSR count). The molecule has 6 N–H and O–H groups in total. The molecule has 0 fully saturated rings. The van der Waals surface area contributed by atoms with Crippen molar-refractivity contribution in [1.82, 2.24) is 40.2 Å². The van der Waals surface area contributed by atoms with Gasteiger partial charge in [-0.3, -0.25) is 28.8 Å². The third-order valence-electron chi connectivity index (χ3n) is 12.1. The summed E-state index contributed by atoms with van der Waals surface area (Å²) < 4.78 is 57.4. The second-order valence-corrected chi connectivity index (χ2v) is 15.8. The third kappa shape index (κ3) is 7.99. The van der Waals surface area contributed by atoms with E-state index in [1.807, 2.05) is 27.7 Å². The lowest BCUT2D eigenvalue weighted by atomic mass is 10.0. The van der Waals surface area contributed by atoms with Crippen LogP contribution in [0.15, 0.2) is 46.0 Å². The maximum Gasteiger partial charge on any atom is 0.274 e. The van der Waals surface area contributed by atoms with Crippen LogP contribution in [0, 0.1) is 23.3 Å². The zero-order chi connectivity index (χ0) is 46.3. The Bertz CT molecular complexity index is 2510. The SMILES string of the molecule is CCN[C@@H]1C[C@@H]2CN(CC)C(=O)c3c(O)c(=O)c(C(=O)NCc4ccc(F)cc4F)c1n32.CCN[C@H]1C[C@@H]2CN(CC)C(=O)c3c(O)c(=O)c(C(=O)NCc4ccc(F)cc4F)c1n32. The molecule has 64 heavy (non-hydrogen) atoms. The highest BCUT2D eigenvalue weighted by molar-refractivity contribution is 6.01. The number of amides is 4. The van der Waals surface area contributed by atoms with Crippen LogP contribution >= 0.6 is 0 Å². The summed E-state index contributed by atoms with van der Waals surface area (Å²) in [5.41, 5.74) is -1.88. The van der Waals surface area contributed by atoms with Crippen molar-refractivity contribution in [3.05, 3.63) is 125 Å². The first-order chi connectivity index (χ1) is 30.6. The maximum absolute atomic E-state index is 14.0. The predicted molar refractivity (Wildman–Crippen MR) is 223 cm³/mol. The molecule has 2 aromatic carbocycles. The highest BCUT2D eigenvalue weighted by Gasteiger charge is 2.46. The van der Waals surface area contributed by atoms with Crippen molar-refractivity contribution >= 4 is 23.6 Å². The first-order valence-corrected chi connectivity index (χ1v) is 21.1. The van der Waals surface area contributed by atoms with Crippen LogP contribution in [0.5, 0.6) is 11.5 Å². The van der Waals surface area contributed by atoms with Gasteiger partial charge in [0.15, 0.2) is 22.9 Å². The van der Waals surface area contributed by atoms with E-state index in [-0.39, 0.29) is 70.9 Å². The van der Waals surface area contributed by atoms with E-state index in [4.69, 9.17) is 0 Å². The second kappa shape index (κ2) is 18.3. The quantitative estimate of drug-likeness (QED) is 0.114. The van der Waals surface area contributed by atoms with Crippen LogP contribution in [0.3, 0.4) is 0 Å². The van der Waals surface area contributed by atoms with E-state index < -0.39 is 69.3 Å². The maximum atomic E-state index is 14.0. The lowest BCUT2D eigenvalue weighted by molar-refractivity contribution is 0.0668. The van der Waals surface area contributed by atoms with E-state index in [1.165, 1.54) is 12.1 Å². The minimum atomic E-state index is -0.946. The van der Waals surface area contributed by atoms with Gasteiger partial charge in [-0.05, 0) is 51.9 Å². The molecule has 0 saturated heterocycles. The average Bonchev–Trinajstić information content (AvgIpc) is 3.79. The third-order valence-corrected chi connectivity index (χ3v) is 12.1. The fraction of sp³-hybridized carbons (Fsp3) is 0.409. The van der Waals surface area contributed by atoms with Crippen molar-refractivity contribution in [3.63, 3.8) is 0 Å². The largest absolute Gasteiger partial charge is 0.503 e. The number of rotatable bonds is 12. The highest BCUT2D eigenvalue weighted by Crippen LogP contribution is 2.43. The molecule has 4 aromatic rings. The number of pyridine rings is 2. The molecule has 0 bridgehead atoms. The molecular weight excluding hydrogens is 845 g/mol. The first-order valence-electron chi connectivity index (χ1n) is 21.1. The van der Waals surface area contributed by atoms with Crippen molar-refractivity contribution in [2.75, 3.05) is 39.3 Å².